The molecule has 20 heavy (non-hydrogen) atoms. The van der Waals surface area contributed by atoms with Crippen LogP contribution in [0.3, 0.4) is 0 Å². The summed E-state index contributed by atoms with van der Waals surface area (Å²) in [6.45, 7) is 6.76. The third-order valence-electron chi connectivity index (χ3n) is 4.07. The summed E-state index contributed by atoms with van der Waals surface area (Å²) in [6.07, 6.45) is -3.70. The normalized spacial score (nSPS) is 22.6. The van der Waals surface area contributed by atoms with E-state index in [-0.39, 0.29) is 17.4 Å². The summed E-state index contributed by atoms with van der Waals surface area (Å²) in [5, 5.41) is 3.22. The van der Waals surface area contributed by atoms with Crippen molar-refractivity contribution >= 4 is 0 Å². The van der Waals surface area contributed by atoms with Crippen LogP contribution in [0.1, 0.15) is 44.4 Å². The molecule has 0 saturated heterocycles. The van der Waals surface area contributed by atoms with E-state index in [1.807, 2.05) is 6.92 Å². The fourth-order valence-electron chi connectivity index (χ4n) is 2.74. The number of hydrogen-bond acceptors (Lipinski definition) is 1. The minimum absolute atomic E-state index is 0.125. The average Bonchev–Trinajstić information content (AvgIpc) is 2.94. The highest BCUT2D eigenvalue weighted by atomic mass is 19.4. The van der Waals surface area contributed by atoms with Crippen molar-refractivity contribution in [1.29, 1.82) is 0 Å². The smallest absolute Gasteiger partial charge is 0.310 e. The van der Waals surface area contributed by atoms with E-state index >= 15 is 0 Å². The summed E-state index contributed by atoms with van der Waals surface area (Å²) in [6, 6.07) is 3.15. The molecule has 1 nitrogen and oxygen atoms in total. The summed E-state index contributed by atoms with van der Waals surface area (Å²) >= 11 is 0. The lowest BCUT2D eigenvalue weighted by molar-refractivity contribution is -0.140. The Morgan fingerprint density at radius 2 is 1.95 bits per heavy atom. The van der Waals surface area contributed by atoms with Crippen LogP contribution in [0.4, 0.5) is 17.6 Å². The van der Waals surface area contributed by atoms with Crippen molar-refractivity contribution in [3.05, 3.63) is 35.1 Å². The van der Waals surface area contributed by atoms with Crippen LogP contribution in [0.15, 0.2) is 18.2 Å². The van der Waals surface area contributed by atoms with Crippen LogP contribution in [0.2, 0.25) is 0 Å². The molecule has 0 spiro atoms. The van der Waals surface area contributed by atoms with Crippen molar-refractivity contribution in [1.82, 2.24) is 5.32 Å². The van der Waals surface area contributed by atoms with Crippen molar-refractivity contribution in [3.63, 3.8) is 0 Å². The standard InChI is InChI=1S/C15H19F4N/c1-4-20-13(11-8-14(11,2)3)9-5-6-12(16)10(7-9)15(17,18)19/h5-7,11,13,20H,4,8H2,1-3H3. The van der Waals surface area contributed by atoms with Gasteiger partial charge >= 0.3 is 6.18 Å². The first-order valence-electron chi connectivity index (χ1n) is 6.77. The molecule has 0 bridgehead atoms. The second-order valence-electron chi connectivity index (χ2n) is 6.07. The topological polar surface area (TPSA) is 12.0 Å². The highest BCUT2D eigenvalue weighted by molar-refractivity contribution is 5.31. The van der Waals surface area contributed by atoms with Crippen molar-refractivity contribution in [2.45, 2.75) is 39.4 Å². The summed E-state index contributed by atoms with van der Waals surface area (Å²) in [7, 11) is 0. The van der Waals surface area contributed by atoms with Gasteiger partial charge in [0.05, 0.1) is 5.56 Å². The van der Waals surface area contributed by atoms with Crippen LogP contribution in [0.5, 0.6) is 0 Å². The van der Waals surface area contributed by atoms with Crippen LogP contribution in [-0.2, 0) is 6.18 Å². The summed E-state index contributed by atoms with van der Waals surface area (Å²) < 4.78 is 51.7. The molecular weight excluding hydrogens is 270 g/mol. The summed E-state index contributed by atoms with van der Waals surface area (Å²) in [5.74, 6) is -0.930. The number of hydrogen-bond donors (Lipinski definition) is 1. The average molecular weight is 289 g/mol. The summed E-state index contributed by atoms with van der Waals surface area (Å²) in [5.41, 5.74) is -0.549. The molecule has 112 valence electrons. The Morgan fingerprint density at radius 1 is 1.35 bits per heavy atom. The van der Waals surface area contributed by atoms with Gasteiger partial charge in [-0.05, 0) is 42.0 Å². The van der Waals surface area contributed by atoms with Crippen LogP contribution >= 0.6 is 0 Å². The molecule has 0 radical (unpaired) electrons. The zero-order valence-corrected chi connectivity index (χ0v) is 11.8. The molecule has 1 aromatic rings. The third kappa shape index (κ3) is 2.97. The van der Waals surface area contributed by atoms with E-state index in [0.717, 1.165) is 18.6 Å². The molecule has 2 atom stereocenters. The largest absolute Gasteiger partial charge is 0.419 e. The molecule has 2 unspecified atom stereocenters. The lowest BCUT2D eigenvalue weighted by Gasteiger charge is -2.21. The molecule has 1 saturated carbocycles. The van der Waals surface area contributed by atoms with Gasteiger partial charge in [-0.1, -0.05) is 26.8 Å². The quantitative estimate of drug-likeness (QED) is 0.802. The van der Waals surface area contributed by atoms with Crippen molar-refractivity contribution in [2.75, 3.05) is 6.54 Å². The molecule has 0 aliphatic heterocycles. The van der Waals surface area contributed by atoms with Gasteiger partial charge in [0, 0.05) is 6.04 Å². The van der Waals surface area contributed by atoms with Crippen molar-refractivity contribution in [3.8, 4) is 0 Å². The summed E-state index contributed by atoms with van der Waals surface area (Å²) in [4.78, 5) is 0. The number of rotatable bonds is 4. The van der Waals surface area contributed by atoms with Gasteiger partial charge in [0.25, 0.3) is 0 Å². The van der Waals surface area contributed by atoms with Gasteiger partial charge in [-0.25, -0.2) is 4.39 Å². The number of halogens is 4. The van der Waals surface area contributed by atoms with Gasteiger partial charge in [0.15, 0.2) is 0 Å². The van der Waals surface area contributed by atoms with Gasteiger partial charge in [-0.2, -0.15) is 13.2 Å². The predicted octanol–water partition coefficient (Wildman–Crippen LogP) is 4.54. The van der Waals surface area contributed by atoms with E-state index < -0.39 is 17.6 Å². The van der Waals surface area contributed by atoms with Gasteiger partial charge in [0.2, 0.25) is 0 Å². The third-order valence-corrected chi connectivity index (χ3v) is 4.07. The van der Waals surface area contributed by atoms with E-state index in [1.165, 1.54) is 6.07 Å². The molecule has 5 heteroatoms. The minimum atomic E-state index is -4.66. The fraction of sp³-hybridized carbons (Fsp3) is 0.600. The Hall–Kier alpha value is -1.10. The first kappa shape index (κ1) is 15.3. The first-order chi connectivity index (χ1) is 9.16. The van der Waals surface area contributed by atoms with Crippen LogP contribution in [-0.4, -0.2) is 6.54 Å². The Morgan fingerprint density at radius 3 is 2.40 bits per heavy atom. The second-order valence-corrected chi connectivity index (χ2v) is 6.07. The fourth-order valence-corrected chi connectivity index (χ4v) is 2.74. The molecule has 1 aromatic carbocycles. The Balaban J connectivity index is 2.35. The van der Waals surface area contributed by atoms with Crippen LogP contribution in [0.25, 0.3) is 0 Å². The van der Waals surface area contributed by atoms with Crippen molar-refractivity contribution in [2.24, 2.45) is 11.3 Å². The molecule has 0 amide bonds. The number of benzene rings is 1. The van der Waals surface area contributed by atoms with Crippen molar-refractivity contribution < 1.29 is 17.6 Å². The molecule has 1 fully saturated rings. The van der Waals surface area contributed by atoms with Gasteiger partial charge < -0.3 is 5.32 Å². The first-order valence-corrected chi connectivity index (χ1v) is 6.77. The molecule has 1 aliphatic carbocycles. The van der Waals surface area contributed by atoms with E-state index in [1.54, 1.807) is 0 Å². The lowest BCUT2D eigenvalue weighted by atomic mass is 9.95. The monoisotopic (exact) mass is 289 g/mol. The Labute approximate surface area is 116 Å². The van der Waals surface area contributed by atoms with Gasteiger partial charge in [-0.15, -0.1) is 0 Å². The molecule has 1 aliphatic rings. The Kier molecular flexibility index (Phi) is 3.84. The Bertz CT molecular complexity index is 493. The van der Waals surface area contributed by atoms with Crippen LogP contribution < -0.4 is 5.32 Å². The second kappa shape index (κ2) is 5.02. The van der Waals surface area contributed by atoms with E-state index in [9.17, 15) is 17.6 Å². The lowest BCUT2D eigenvalue weighted by Crippen LogP contribution is -2.25. The van der Waals surface area contributed by atoms with E-state index in [2.05, 4.69) is 19.2 Å². The minimum Gasteiger partial charge on any atom is -0.310 e. The number of alkyl halides is 3. The van der Waals surface area contributed by atoms with Gasteiger partial charge in [-0.3, -0.25) is 0 Å². The highest BCUT2D eigenvalue weighted by Gasteiger charge is 2.50. The molecule has 2 rings (SSSR count). The molecular formula is C15H19F4N. The molecule has 1 N–H and O–H groups in total. The van der Waals surface area contributed by atoms with E-state index in [4.69, 9.17) is 0 Å². The zero-order chi connectivity index (χ0) is 15.1. The SMILES string of the molecule is CCNC(c1ccc(F)c(C(F)(F)F)c1)C1CC1(C)C. The molecule has 0 aromatic heterocycles. The van der Waals surface area contributed by atoms with Crippen LogP contribution in [0, 0.1) is 17.2 Å². The van der Waals surface area contributed by atoms with E-state index in [0.29, 0.717) is 12.1 Å². The molecule has 0 heterocycles. The predicted molar refractivity (Wildman–Crippen MR) is 69.7 cm³/mol. The maximum Gasteiger partial charge on any atom is 0.419 e. The highest BCUT2D eigenvalue weighted by Crippen LogP contribution is 2.57. The maximum atomic E-state index is 13.3. The van der Waals surface area contributed by atoms with Gasteiger partial charge in [0.1, 0.15) is 5.82 Å². The number of nitrogens with one attached hydrogen (secondary N) is 1. The zero-order valence-electron chi connectivity index (χ0n) is 11.8. The maximum absolute atomic E-state index is 13.3.